The Labute approximate surface area is 361 Å². The van der Waals surface area contributed by atoms with Gasteiger partial charge in [-0.15, -0.1) is 0 Å². The van der Waals surface area contributed by atoms with Gasteiger partial charge in [-0.2, -0.15) is 0 Å². The second-order valence-electron chi connectivity index (χ2n) is 16.1. The van der Waals surface area contributed by atoms with Crippen molar-refractivity contribution in [2.45, 2.75) is 0 Å². The first-order valence-electron chi connectivity index (χ1n) is 21.2. The largest absolute Gasteiger partial charge is 0.456 e. The zero-order valence-corrected chi connectivity index (χ0v) is 33.9. The zero-order chi connectivity index (χ0) is 41.4. The van der Waals surface area contributed by atoms with Crippen LogP contribution in [0.25, 0.3) is 127 Å². The Kier molecular flexibility index (Phi) is 7.84. The van der Waals surface area contributed by atoms with Crippen molar-refractivity contribution in [3.8, 4) is 61.5 Å². The minimum Gasteiger partial charge on any atom is -0.456 e. The SMILES string of the molecule is c1ccc(-c2ccc(-c3ccc4c(c3)oc3c(-c5cccc6oc7ccc(-c8cccc(-c9ccc%10c(c9)c9ccccc9n%10-c9ccccc9)c8)cc7c56)ncnc34)cc2)cc1. The Morgan fingerprint density at radius 1 is 0.349 bits per heavy atom. The van der Waals surface area contributed by atoms with Crippen LogP contribution in [-0.2, 0) is 0 Å². The van der Waals surface area contributed by atoms with Crippen LogP contribution in [0.4, 0.5) is 0 Å². The van der Waals surface area contributed by atoms with Gasteiger partial charge < -0.3 is 13.4 Å². The molecule has 0 spiro atoms. The summed E-state index contributed by atoms with van der Waals surface area (Å²) in [5, 5.41) is 5.42. The fourth-order valence-electron chi connectivity index (χ4n) is 9.52. The fourth-order valence-corrected chi connectivity index (χ4v) is 9.52. The Morgan fingerprint density at radius 3 is 1.78 bits per heavy atom. The molecule has 5 nitrogen and oxygen atoms in total. The third kappa shape index (κ3) is 5.71. The predicted octanol–water partition coefficient (Wildman–Crippen LogP) is 15.7. The van der Waals surface area contributed by atoms with Gasteiger partial charge >= 0.3 is 0 Å². The summed E-state index contributed by atoms with van der Waals surface area (Å²) >= 11 is 0. The maximum absolute atomic E-state index is 6.70. The third-order valence-corrected chi connectivity index (χ3v) is 12.5. The summed E-state index contributed by atoms with van der Waals surface area (Å²) in [7, 11) is 0. The molecule has 0 unspecified atom stereocenters. The summed E-state index contributed by atoms with van der Waals surface area (Å²) in [6, 6.07) is 73.0. The molecule has 0 atom stereocenters. The molecule has 0 aliphatic heterocycles. The van der Waals surface area contributed by atoms with Crippen LogP contribution in [0.1, 0.15) is 0 Å². The number of rotatable bonds is 6. The molecule has 0 aliphatic carbocycles. The van der Waals surface area contributed by atoms with E-state index in [1.165, 1.54) is 38.5 Å². The molecule has 294 valence electrons. The Balaban J connectivity index is 0.887. The quantitative estimate of drug-likeness (QED) is 0.168. The maximum Gasteiger partial charge on any atom is 0.180 e. The van der Waals surface area contributed by atoms with Crippen LogP contribution in [0, 0.1) is 0 Å². The number of aromatic nitrogens is 3. The number of hydrogen-bond acceptors (Lipinski definition) is 4. The molecular weight excluding hydrogens is 771 g/mol. The van der Waals surface area contributed by atoms with Gasteiger partial charge in [0.05, 0.1) is 11.0 Å². The first-order valence-corrected chi connectivity index (χ1v) is 21.2. The van der Waals surface area contributed by atoms with E-state index in [0.29, 0.717) is 5.58 Å². The highest BCUT2D eigenvalue weighted by Crippen LogP contribution is 2.42. The lowest BCUT2D eigenvalue weighted by molar-refractivity contribution is 0.667. The number of furan rings is 2. The van der Waals surface area contributed by atoms with Crippen LogP contribution < -0.4 is 0 Å². The van der Waals surface area contributed by atoms with Crippen molar-refractivity contribution < 1.29 is 8.83 Å². The van der Waals surface area contributed by atoms with Gasteiger partial charge in [0.25, 0.3) is 0 Å². The van der Waals surface area contributed by atoms with Gasteiger partial charge in [0.15, 0.2) is 5.58 Å². The molecule has 0 aliphatic rings. The summed E-state index contributed by atoms with van der Waals surface area (Å²) in [6.07, 6.45) is 1.64. The van der Waals surface area contributed by atoms with Gasteiger partial charge in [0, 0.05) is 38.2 Å². The molecule has 0 N–H and O–H groups in total. The van der Waals surface area contributed by atoms with Gasteiger partial charge in [0.1, 0.15) is 34.3 Å². The van der Waals surface area contributed by atoms with Crippen molar-refractivity contribution in [2.75, 3.05) is 0 Å². The molecule has 63 heavy (non-hydrogen) atoms. The fraction of sp³-hybridized carbons (Fsp3) is 0. The van der Waals surface area contributed by atoms with Crippen LogP contribution >= 0.6 is 0 Å². The lowest BCUT2D eigenvalue weighted by Crippen LogP contribution is -1.92. The van der Waals surface area contributed by atoms with E-state index >= 15 is 0 Å². The molecule has 0 saturated heterocycles. The normalized spacial score (nSPS) is 11.8. The van der Waals surface area contributed by atoms with Gasteiger partial charge in [0.2, 0.25) is 0 Å². The van der Waals surface area contributed by atoms with E-state index in [0.717, 1.165) is 83.2 Å². The van der Waals surface area contributed by atoms with Crippen LogP contribution in [-0.4, -0.2) is 14.5 Å². The topological polar surface area (TPSA) is 57.0 Å². The number of benzene rings is 9. The molecule has 0 amide bonds. The molecule has 0 saturated carbocycles. The van der Waals surface area contributed by atoms with Crippen molar-refractivity contribution in [2.24, 2.45) is 0 Å². The summed E-state index contributed by atoms with van der Waals surface area (Å²) in [5.74, 6) is 0. The molecule has 13 aromatic rings. The highest BCUT2D eigenvalue weighted by atomic mass is 16.3. The van der Waals surface area contributed by atoms with Crippen LogP contribution in [0.15, 0.2) is 221 Å². The lowest BCUT2D eigenvalue weighted by Gasteiger charge is -2.09. The van der Waals surface area contributed by atoms with Crippen molar-refractivity contribution >= 4 is 65.8 Å². The second kappa shape index (κ2) is 14.0. The average molecular weight is 806 g/mol. The smallest absolute Gasteiger partial charge is 0.180 e. The molecule has 5 heteroatoms. The predicted molar refractivity (Wildman–Crippen MR) is 258 cm³/mol. The van der Waals surface area contributed by atoms with E-state index in [-0.39, 0.29) is 0 Å². The number of nitrogens with zero attached hydrogens (tertiary/aromatic N) is 3. The molecule has 4 aromatic heterocycles. The summed E-state index contributed by atoms with van der Waals surface area (Å²) in [6.45, 7) is 0. The summed E-state index contributed by atoms with van der Waals surface area (Å²) in [5.41, 5.74) is 18.1. The average Bonchev–Trinajstić information content (AvgIpc) is 4.03. The van der Waals surface area contributed by atoms with Crippen molar-refractivity contribution in [1.82, 2.24) is 14.5 Å². The van der Waals surface area contributed by atoms with Gasteiger partial charge in [-0.1, -0.05) is 140 Å². The minimum atomic E-state index is 0.652. The van der Waals surface area contributed by atoms with E-state index < -0.39 is 0 Å². The van der Waals surface area contributed by atoms with E-state index in [2.05, 4.69) is 193 Å². The lowest BCUT2D eigenvalue weighted by atomic mass is 9.96. The minimum absolute atomic E-state index is 0.652. The first-order chi connectivity index (χ1) is 31.2. The van der Waals surface area contributed by atoms with Gasteiger partial charge in [-0.05, 0) is 111 Å². The highest BCUT2D eigenvalue weighted by molar-refractivity contribution is 6.16. The summed E-state index contributed by atoms with van der Waals surface area (Å²) in [4.78, 5) is 9.60. The number of hydrogen-bond donors (Lipinski definition) is 0. The van der Waals surface area contributed by atoms with Crippen molar-refractivity contribution in [3.63, 3.8) is 0 Å². The van der Waals surface area contributed by atoms with E-state index in [1.807, 2.05) is 18.2 Å². The monoisotopic (exact) mass is 805 g/mol. The third-order valence-electron chi connectivity index (χ3n) is 12.5. The summed E-state index contributed by atoms with van der Waals surface area (Å²) < 4.78 is 15.6. The van der Waals surface area contributed by atoms with Crippen LogP contribution in [0.3, 0.4) is 0 Å². The molecule has 4 heterocycles. The molecule has 13 rings (SSSR count). The van der Waals surface area contributed by atoms with Crippen LogP contribution in [0.5, 0.6) is 0 Å². The second-order valence-corrected chi connectivity index (χ2v) is 16.1. The first kappa shape index (κ1) is 35.2. The molecule has 9 aromatic carbocycles. The maximum atomic E-state index is 6.70. The van der Waals surface area contributed by atoms with E-state index in [4.69, 9.17) is 18.8 Å². The van der Waals surface area contributed by atoms with Crippen molar-refractivity contribution in [1.29, 1.82) is 0 Å². The number of para-hydroxylation sites is 2. The van der Waals surface area contributed by atoms with Crippen LogP contribution in [0.2, 0.25) is 0 Å². The Bertz CT molecular complexity index is 3900. The van der Waals surface area contributed by atoms with Crippen molar-refractivity contribution in [3.05, 3.63) is 213 Å². The molecular formula is C58H35N3O2. The van der Waals surface area contributed by atoms with E-state index in [1.54, 1.807) is 6.33 Å². The molecule has 0 radical (unpaired) electrons. The Hall–Kier alpha value is -8.54. The molecule has 0 fully saturated rings. The van der Waals surface area contributed by atoms with Gasteiger partial charge in [-0.3, -0.25) is 0 Å². The highest BCUT2D eigenvalue weighted by Gasteiger charge is 2.21. The zero-order valence-electron chi connectivity index (χ0n) is 33.9. The molecule has 0 bridgehead atoms. The standard InChI is InChI=1S/C58H35N3O2/c1-3-11-36(12-4-1)37-21-23-38(24-22-37)43-25-28-46-54(34-43)63-58-56(46)59-35-60-57(58)47-18-10-20-53-55(47)49-33-42(27-30-52(49)62-53)40-14-9-13-39(31-40)41-26-29-51-48(32-41)45-17-7-8-19-50(45)61(51)44-15-5-2-6-16-44/h1-35H. The Morgan fingerprint density at radius 2 is 0.952 bits per heavy atom. The van der Waals surface area contributed by atoms with E-state index in [9.17, 15) is 0 Å². The van der Waals surface area contributed by atoms with Gasteiger partial charge in [-0.25, -0.2) is 9.97 Å². The number of fused-ring (bicyclic) bond motifs is 9.